The van der Waals surface area contributed by atoms with Crippen LogP contribution in [0.25, 0.3) is 0 Å². The number of halogens is 1. The first-order valence-corrected chi connectivity index (χ1v) is 11.9. The summed E-state index contributed by atoms with van der Waals surface area (Å²) in [6.07, 6.45) is 7.61. The molecule has 3 aliphatic rings. The van der Waals surface area contributed by atoms with Crippen LogP contribution >= 0.6 is 11.9 Å². The van der Waals surface area contributed by atoms with E-state index < -0.39 is 0 Å². The van der Waals surface area contributed by atoms with E-state index in [1.165, 1.54) is 18.9 Å². The van der Waals surface area contributed by atoms with Crippen LogP contribution in [0.1, 0.15) is 56.6 Å². The molecule has 1 aliphatic carbocycles. The van der Waals surface area contributed by atoms with Crippen LogP contribution in [-0.2, 0) is 4.79 Å². The van der Waals surface area contributed by atoms with Crippen molar-refractivity contribution < 1.29 is 18.7 Å². The van der Waals surface area contributed by atoms with Crippen molar-refractivity contribution in [1.29, 1.82) is 0 Å². The Hall–Kier alpha value is -1.80. The summed E-state index contributed by atoms with van der Waals surface area (Å²) in [7, 11) is 0. The number of nitrogens with one attached hydrogen (secondary N) is 1. The van der Waals surface area contributed by atoms with Gasteiger partial charge in [0.05, 0.1) is 6.61 Å². The molecule has 30 heavy (non-hydrogen) atoms. The van der Waals surface area contributed by atoms with Crippen molar-refractivity contribution in [3.8, 4) is 5.75 Å². The number of nitrogens with zero attached hydrogens (tertiary/aromatic N) is 2. The summed E-state index contributed by atoms with van der Waals surface area (Å²) in [5.41, 5.74) is 1.14. The highest BCUT2D eigenvalue weighted by Crippen LogP contribution is 2.39. The zero-order chi connectivity index (χ0) is 20.9. The van der Waals surface area contributed by atoms with Crippen LogP contribution < -0.4 is 10.1 Å². The SMILES string of the molecule is O=C1CN(CCCCCSN2CCCC2c2ccc(F)c(OCC3CC3)c2)C(=O)N1. The molecule has 1 unspecified atom stereocenters. The fourth-order valence-electron chi connectivity index (χ4n) is 3.98. The highest BCUT2D eigenvalue weighted by Gasteiger charge is 2.28. The van der Waals surface area contributed by atoms with Gasteiger partial charge in [-0.2, -0.15) is 0 Å². The van der Waals surface area contributed by atoms with E-state index in [1.54, 1.807) is 4.90 Å². The van der Waals surface area contributed by atoms with Crippen LogP contribution in [-0.4, -0.2) is 53.1 Å². The average molecular weight is 436 g/mol. The van der Waals surface area contributed by atoms with E-state index in [1.807, 2.05) is 24.1 Å². The fourth-order valence-corrected chi connectivity index (χ4v) is 5.22. The second-order valence-corrected chi connectivity index (χ2v) is 9.55. The lowest BCUT2D eigenvalue weighted by molar-refractivity contribution is -0.118. The van der Waals surface area contributed by atoms with E-state index in [0.29, 0.717) is 30.9 Å². The second-order valence-electron chi connectivity index (χ2n) is 8.41. The van der Waals surface area contributed by atoms with Crippen LogP contribution in [0.5, 0.6) is 5.75 Å². The maximum atomic E-state index is 14.1. The van der Waals surface area contributed by atoms with Gasteiger partial charge in [-0.05, 0) is 62.1 Å². The molecule has 0 aromatic heterocycles. The Balaban J connectivity index is 1.19. The standard InChI is InChI=1S/C22H30FN3O3S/c23-18-9-8-17(13-20(18)29-15-16-6-7-16)19-5-4-11-26(19)30-12-3-1-2-10-25-14-21(27)24-22(25)28/h8-9,13,16,19H,1-7,10-12,14-15H2,(H,24,27,28). The van der Waals surface area contributed by atoms with Crippen molar-refractivity contribution in [3.63, 3.8) is 0 Å². The molecule has 1 atom stereocenters. The molecule has 1 N–H and O–H groups in total. The summed E-state index contributed by atoms with van der Waals surface area (Å²) in [6, 6.07) is 5.36. The van der Waals surface area contributed by atoms with Crippen LogP contribution in [0.2, 0.25) is 0 Å². The molecule has 8 heteroatoms. The van der Waals surface area contributed by atoms with Gasteiger partial charge in [-0.15, -0.1) is 0 Å². The summed E-state index contributed by atoms with van der Waals surface area (Å²) in [6.45, 7) is 2.48. The fraction of sp³-hybridized carbons (Fsp3) is 0.636. The first-order valence-electron chi connectivity index (χ1n) is 11.0. The maximum absolute atomic E-state index is 14.1. The number of rotatable bonds is 11. The minimum Gasteiger partial charge on any atom is -0.490 e. The molecule has 164 valence electrons. The quantitative estimate of drug-likeness (QED) is 0.322. The maximum Gasteiger partial charge on any atom is 0.324 e. The van der Waals surface area contributed by atoms with Crippen LogP contribution in [0.4, 0.5) is 9.18 Å². The van der Waals surface area contributed by atoms with Gasteiger partial charge in [0, 0.05) is 24.9 Å². The van der Waals surface area contributed by atoms with Gasteiger partial charge >= 0.3 is 6.03 Å². The number of amides is 3. The summed E-state index contributed by atoms with van der Waals surface area (Å²) < 4.78 is 22.3. The third-order valence-corrected chi connectivity index (χ3v) is 7.15. The van der Waals surface area contributed by atoms with Gasteiger partial charge in [-0.1, -0.05) is 24.4 Å². The number of ether oxygens (including phenoxy) is 1. The molecule has 2 saturated heterocycles. The molecular weight excluding hydrogens is 405 g/mol. The van der Waals surface area contributed by atoms with Gasteiger partial charge in [0.25, 0.3) is 0 Å². The van der Waals surface area contributed by atoms with Gasteiger partial charge in [-0.25, -0.2) is 13.5 Å². The lowest BCUT2D eigenvalue weighted by Gasteiger charge is -2.24. The molecule has 0 radical (unpaired) electrons. The largest absolute Gasteiger partial charge is 0.490 e. The van der Waals surface area contributed by atoms with Crippen molar-refractivity contribution in [2.45, 2.75) is 51.0 Å². The molecule has 0 spiro atoms. The summed E-state index contributed by atoms with van der Waals surface area (Å²) >= 11 is 1.86. The normalized spacial score (nSPS) is 22.0. The zero-order valence-electron chi connectivity index (χ0n) is 17.3. The lowest BCUT2D eigenvalue weighted by atomic mass is 10.1. The number of unbranched alkanes of at least 4 members (excludes halogenated alkanes) is 2. The third-order valence-electron chi connectivity index (χ3n) is 5.91. The average Bonchev–Trinajstić information content (AvgIpc) is 3.34. The first-order chi connectivity index (χ1) is 14.6. The second kappa shape index (κ2) is 10.0. The van der Waals surface area contributed by atoms with Gasteiger partial charge in [0.15, 0.2) is 11.6 Å². The Morgan fingerprint density at radius 2 is 2.03 bits per heavy atom. The molecule has 2 heterocycles. The highest BCUT2D eigenvalue weighted by molar-refractivity contribution is 7.97. The highest BCUT2D eigenvalue weighted by atomic mass is 32.2. The zero-order valence-corrected chi connectivity index (χ0v) is 18.1. The van der Waals surface area contributed by atoms with Crippen molar-refractivity contribution in [2.75, 3.05) is 32.0 Å². The van der Waals surface area contributed by atoms with Crippen molar-refractivity contribution in [3.05, 3.63) is 29.6 Å². The Morgan fingerprint density at radius 3 is 2.80 bits per heavy atom. The smallest absolute Gasteiger partial charge is 0.324 e. The van der Waals surface area contributed by atoms with Crippen LogP contribution in [0.15, 0.2) is 18.2 Å². The van der Waals surface area contributed by atoms with Gasteiger partial charge in [0.1, 0.15) is 6.54 Å². The number of imide groups is 1. The number of urea groups is 1. The number of benzene rings is 1. The molecule has 1 aromatic carbocycles. The van der Waals surface area contributed by atoms with E-state index in [0.717, 1.165) is 50.0 Å². The topological polar surface area (TPSA) is 61.9 Å². The van der Waals surface area contributed by atoms with E-state index in [4.69, 9.17) is 4.74 Å². The number of hydrogen-bond donors (Lipinski definition) is 1. The minimum absolute atomic E-state index is 0.188. The van der Waals surface area contributed by atoms with E-state index in [9.17, 15) is 14.0 Å². The number of carbonyl (C=O) groups is 2. The molecule has 4 rings (SSSR count). The molecule has 1 saturated carbocycles. The minimum atomic E-state index is -0.273. The Kier molecular flexibility index (Phi) is 7.15. The molecule has 3 amide bonds. The summed E-state index contributed by atoms with van der Waals surface area (Å²) in [5, 5.41) is 2.31. The predicted octanol–water partition coefficient (Wildman–Crippen LogP) is 4.12. The molecule has 2 aliphatic heterocycles. The predicted molar refractivity (Wildman–Crippen MR) is 115 cm³/mol. The molecule has 1 aromatic rings. The summed E-state index contributed by atoms with van der Waals surface area (Å²) in [4.78, 5) is 24.3. The summed E-state index contributed by atoms with van der Waals surface area (Å²) in [5.74, 6) is 1.53. The molecule has 6 nitrogen and oxygen atoms in total. The monoisotopic (exact) mass is 435 g/mol. The van der Waals surface area contributed by atoms with Crippen molar-refractivity contribution in [2.24, 2.45) is 5.92 Å². The molecular formula is C22H30FN3O3S. The van der Waals surface area contributed by atoms with E-state index in [2.05, 4.69) is 9.62 Å². The molecule has 3 fully saturated rings. The first kappa shape index (κ1) is 21.4. The van der Waals surface area contributed by atoms with Gasteiger partial charge in [-0.3, -0.25) is 10.1 Å². The van der Waals surface area contributed by atoms with E-state index in [-0.39, 0.29) is 24.3 Å². The van der Waals surface area contributed by atoms with E-state index >= 15 is 0 Å². The molecule has 0 bridgehead atoms. The van der Waals surface area contributed by atoms with Crippen LogP contribution in [0.3, 0.4) is 0 Å². The lowest BCUT2D eigenvalue weighted by Crippen LogP contribution is -2.29. The van der Waals surface area contributed by atoms with Crippen molar-refractivity contribution >= 4 is 23.9 Å². The third kappa shape index (κ3) is 5.66. The Bertz CT molecular complexity index is 774. The van der Waals surface area contributed by atoms with Crippen molar-refractivity contribution in [1.82, 2.24) is 14.5 Å². The van der Waals surface area contributed by atoms with Gasteiger partial charge < -0.3 is 9.64 Å². The number of carbonyl (C=O) groups excluding carboxylic acids is 2. The Labute approximate surface area is 181 Å². The van der Waals surface area contributed by atoms with Gasteiger partial charge in [0.2, 0.25) is 5.91 Å². The van der Waals surface area contributed by atoms with Crippen LogP contribution in [0, 0.1) is 11.7 Å². The Morgan fingerprint density at radius 1 is 1.17 bits per heavy atom. The number of hydrogen-bond acceptors (Lipinski definition) is 5.